The summed E-state index contributed by atoms with van der Waals surface area (Å²) in [7, 11) is 0. The fraction of sp³-hybridized carbons (Fsp3) is 0.611. The minimum Gasteiger partial charge on any atom is -0.354 e. The van der Waals surface area contributed by atoms with Crippen LogP contribution in [0.1, 0.15) is 37.3 Å². The number of piperidine rings is 1. The zero-order chi connectivity index (χ0) is 17.1. The van der Waals surface area contributed by atoms with Crippen LogP contribution < -0.4 is 10.6 Å². The van der Waals surface area contributed by atoms with Gasteiger partial charge in [0.2, 0.25) is 5.91 Å². The van der Waals surface area contributed by atoms with E-state index < -0.39 is 0 Å². The molecule has 1 aliphatic carbocycles. The van der Waals surface area contributed by atoms with Crippen molar-refractivity contribution >= 4 is 5.91 Å². The molecule has 1 saturated heterocycles. The molecule has 2 N–H and O–H groups in total. The zero-order valence-electron chi connectivity index (χ0n) is 14.5. The number of nitrogens with one attached hydrogen (secondary N) is 2. The molecule has 2 fully saturated rings. The van der Waals surface area contributed by atoms with Gasteiger partial charge >= 0.3 is 0 Å². The fourth-order valence-corrected chi connectivity index (χ4v) is 3.74. The van der Waals surface area contributed by atoms with Crippen LogP contribution in [-0.4, -0.2) is 44.9 Å². The van der Waals surface area contributed by atoms with Crippen LogP contribution in [0.3, 0.4) is 0 Å². The van der Waals surface area contributed by atoms with E-state index in [0.29, 0.717) is 12.5 Å². The molecule has 0 radical (unpaired) electrons. The van der Waals surface area contributed by atoms with E-state index >= 15 is 0 Å². The lowest BCUT2D eigenvalue weighted by molar-refractivity contribution is -0.122. The van der Waals surface area contributed by atoms with Gasteiger partial charge in [0.05, 0.1) is 6.33 Å². The van der Waals surface area contributed by atoms with Crippen molar-refractivity contribution in [3.63, 3.8) is 0 Å². The van der Waals surface area contributed by atoms with Gasteiger partial charge in [-0.15, -0.1) is 0 Å². The topological polar surface area (TPSA) is 76.8 Å². The highest BCUT2D eigenvalue weighted by Crippen LogP contribution is 2.46. The van der Waals surface area contributed by atoms with Crippen molar-refractivity contribution in [1.82, 2.24) is 30.0 Å². The van der Waals surface area contributed by atoms with E-state index in [0.717, 1.165) is 45.4 Å². The van der Waals surface area contributed by atoms with Crippen LogP contribution in [0.5, 0.6) is 0 Å². The SMILES string of the molecule is O=C(Cn1nccc1[C@@H]1CCCNC1)NCC1(Cn2ccnc2)CC1. The first kappa shape index (κ1) is 16.3. The largest absolute Gasteiger partial charge is 0.354 e. The van der Waals surface area contributed by atoms with Crippen molar-refractivity contribution in [1.29, 1.82) is 0 Å². The summed E-state index contributed by atoms with van der Waals surface area (Å²) in [5.74, 6) is 0.505. The first-order chi connectivity index (χ1) is 12.2. The molecule has 134 valence electrons. The number of amides is 1. The highest BCUT2D eigenvalue weighted by atomic mass is 16.2. The number of nitrogens with zero attached hydrogens (tertiary/aromatic N) is 4. The summed E-state index contributed by atoms with van der Waals surface area (Å²) in [5, 5.41) is 10.9. The quantitative estimate of drug-likeness (QED) is 0.791. The number of hydrogen-bond acceptors (Lipinski definition) is 4. The molecule has 3 heterocycles. The van der Waals surface area contributed by atoms with E-state index in [2.05, 4.69) is 25.3 Å². The Hall–Kier alpha value is -2.15. The Morgan fingerprint density at radius 2 is 2.32 bits per heavy atom. The number of imidazole rings is 1. The summed E-state index contributed by atoms with van der Waals surface area (Å²) in [4.78, 5) is 16.5. The van der Waals surface area contributed by atoms with Gasteiger partial charge in [-0.05, 0) is 38.3 Å². The second-order valence-electron chi connectivity index (χ2n) is 7.47. The van der Waals surface area contributed by atoms with Gasteiger partial charge in [0.25, 0.3) is 0 Å². The number of carbonyl (C=O) groups is 1. The van der Waals surface area contributed by atoms with E-state index in [9.17, 15) is 4.79 Å². The molecule has 0 unspecified atom stereocenters. The molecule has 7 heteroatoms. The maximum absolute atomic E-state index is 12.4. The van der Waals surface area contributed by atoms with Gasteiger partial charge < -0.3 is 15.2 Å². The van der Waals surface area contributed by atoms with Crippen LogP contribution in [0.25, 0.3) is 0 Å². The van der Waals surface area contributed by atoms with Gasteiger partial charge in [0.1, 0.15) is 6.54 Å². The first-order valence-corrected chi connectivity index (χ1v) is 9.19. The zero-order valence-corrected chi connectivity index (χ0v) is 14.5. The monoisotopic (exact) mass is 342 g/mol. The Balaban J connectivity index is 1.30. The van der Waals surface area contributed by atoms with Gasteiger partial charge in [0.15, 0.2) is 0 Å². The maximum atomic E-state index is 12.4. The molecule has 1 amide bonds. The van der Waals surface area contributed by atoms with Crippen molar-refractivity contribution < 1.29 is 4.79 Å². The van der Waals surface area contributed by atoms with E-state index in [4.69, 9.17) is 0 Å². The van der Waals surface area contributed by atoms with Crippen LogP contribution in [-0.2, 0) is 17.9 Å². The predicted octanol–water partition coefficient (Wildman–Crippen LogP) is 1.14. The number of hydrogen-bond donors (Lipinski definition) is 2. The summed E-state index contributed by atoms with van der Waals surface area (Å²) >= 11 is 0. The van der Waals surface area contributed by atoms with Crippen molar-refractivity contribution in [2.45, 2.75) is 44.7 Å². The van der Waals surface area contributed by atoms with Gasteiger partial charge in [0, 0.05) is 55.3 Å². The third kappa shape index (κ3) is 3.92. The van der Waals surface area contributed by atoms with Crippen molar-refractivity contribution in [3.05, 3.63) is 36.7 Å². The minimum absolute atomic E-state index is 0.0469. The average Bonchev–Trinajstić information content (AvgIpc) is 3.00. The normalized spacial score (nSPS) is 21.8. The minimum atomic E-state index is 0.0469. The molecular weight excluding hydrogens is 316 g/mol. The molecule has 7 nitrogen and oxygen atoms in total. The molecule has 0 bridgehead atoms. The van der Waals surface area contributed by atoms with Gasteiger partial charge in [-0.1, -0.05) is 0 Å². The molecule has 2 aromatic rings. The third-order valence-corrected chi connectivity index (χ3v) is 5.45. The van der Waals surface area contributed by atoms with Crippen LogP contribution in [0, 0.1) is 5.41 Å². The van der Waals surface area contributed by atoms with E-state index in [-0.39, 0.29) is 11.3 Å². The molecule has 2 aliphatic rings. The molecule has 0 spiro atoms. The fourth-order valence-electron chi connectivity index (χ4n) is 3.74. The highest BCUT2D eigenvalue weighted by molar-refractivity contribution is 5.75. The number of rotatable bonds is 7. The molecule has 4 rings (SSSR count). The summed E-state index contributed by atoms with van der Waals surface area (Å²) in [6.45, 7) is 4.02. The molecule has 1 atom stereocenters. The number of aromatic nitrogens is 4. The molecule has 1 saturated carbocycles. The lowest BCUT2D eigenvalue weighted by Crippen LogP contribution is -2.36. The Labute approximate surface area is 147 Å². The van der Waals surface area contributed by atoms with Crippen molar-refractivity contribution in [2.75, 3.05) is 19.6 Å². The van der Waals surface area contributed by atoms with Gasteiger partial charge in [-0.3, -0.25) is 9.48 Å². The Kier molecular flexibility index (Phi) is 4.57. The molecule has 25 heavy (non-hydrogen) atoms. The Morgan fingerprint density at radius 1 is 1.40 bits per heavy atom. The molecular formula is C18H26N6O. The smallest absolute Gasteiger partial charge is 0.241 e. The molecule has 2 aromatic heterocycles. The highest BCUT2D eigenvalue weighted by Gasteiger charge is 2.43. The van der Waals surface area contributed by atoms with E-state index in [1.807, 2.05) is 23.3 Å². The summed E-state index contributed by atoms with van der Waals surface area (Å²) in [6, 6.07) is 2.05. The second-order valence-corrected chi connectivity index (χ2v) is 7.47. The van der Waals surface area contributed by atoms with Crippen LogP contribution in [0.2, 0.25) is 0 Å². The predicted molar refractivity (Wildman–Crippen MR) is 94.0 cm³/mol. The Morgan fingerprint density at radius 3 is 3.04 bits per heavy atom. The summed E-state index contributed by atoms with van der Waals surface area (Å²) in [5.41, 5.74) is 1.37. The number of carbonyl (C=O) groups excluding carboxylic acids is 1. The van der Waals surface area contributed by atoms with Crippen molar-refractivity contribution in [3.8, 4) is 0 Å². The lowest BCUT2D eigenvalue weighted by Gasteiger charge is -2.23. The van der Waals surface area contributed by atoms with Crippen LogP contribution in [0.4, 0.5) is 0 Å². The lowest BCUT2D eigenvalue weighted by atomic mass is 9.96. The summed E-state index contributed by atoms with van der Waals surface area (Å²) < 4.78 is 3.96. The van der Waals surface area contributed by atoms with Crippen molar-refractivity contribution in [2.24, 2.45) is 5.41 Å². The standard InChI is InChI=1S/C18H26N6O/c25-17(21-12-18(4-5-18)13-23-9-8-20-14-23)11-24-16(3-7-22-24)15-2-1-6-19-10-15/h3,7-9,14-15,19H,1-2,4-6,10-13H2,(H,21,25)/t15-/m1/s1. The van der Waals surface area contributed by atoms with E-state index in [1.165, 1.54) is 12.1 Å². The van der Waals surface area contributed by atoms with Gasteiger partial charge in [-0.25, -0.2) is 4.98 Å². The summed E-state index contributed by atoms with van der Waals surface area (Å²) in [6.07, 6.45) is 12.1. The Bertz CT molecular complexity index is 697. The first-order valence-electron chi connectivity index (χ1n) is 9.19. The van der Waals surface area contributed by atoms with E-state index in [1.54, 1.807) is 12.4 Å². The van der Waals surface area contributed by atoms with Crippen LogP contribution in [0.15, 0.2) is 31.0 Å². The third-order valence-electron chi connectivity index (χ3n) is 5.45. The average molecular weight is 342 g/mol. The van der Waals surface area contributed by atoms with Crippen LogP contribution >= 0.6 is 0 Å². The second kappa shape index (κ2) is 7.00. The maximum Gasteiger partial charge on any atom is 0.241 e. The molecule has 0 aromatic carbocycles. The molecule has 1 aliphatic heterocycles. The van der Waals surface area contributed by atoms with Gasteiger partial charge in [-0.2, -0.15) is 5.10 Å².